The van der Waals surface area contributed by atoms with E-state index in [4.69, 9.17) is 4.74 Å². The highest BCUT2D eigenvalue weighted by molar-refractivity contribution is 8.01. The topological polar surface area (TPSA) is 29.5 Å². The number of hydrogen-bond acceptors (Lipinski definition) is 4. The Labute approximate surface area is 141 Å². The van der Waals surface area contributed by atoms with E-state index in [9.17, 15) is 4.79 Å². The summed E-state index contributed by atoms with van der Waals surface area (Å²) in [5.74, 6) is 0.720. The molecule has 0 amide bonds. The zero-order valence-corrected chi connectivity index (χ0v) is 14.3. The molecule has 0 bridgehead atoms. The lowest BCUT2D eigenvalue weighted by molar-refractivity contribution is -0.142. The average molecular weight is 327 g/mol. The number of esters is 1. The Morgan fingerprint density at radius 1 is 1.17 bits per heavy atom. The quantitative estimate of drug-likeness (QED) is 0.788. The summed E-state index contributed by atoms with van der Waals surface area (Å²) in [5.41, 5.74) is 3.50. The van der Waals surface area contributed by atoms with Gasteiger partial charge in [0.15, 0.2) is 5.37 Å². The molecule has 1 heterocycles. The number of ether oxygens (including phenoxy) is 1. The van der Waals surface area contributed by atoms with Gasteiger partial charge in [-0.15, -0.1) is 11.8 Å². The van der Waals surface area contributed by atoms with E-state index in [0.29, 0.717) is 6.61 Å². The second kappa shape index (κ2) is 7.09. The van der Waals surface area contributed by atoms with Gasteiger partial charge in [-0.05, 0) is 31.5 Å². The lowest BCUT2D eigenvalue weighted by Gasteiger charge is -2.30. The van der Waals surface area contributed by atoms with Crippen LogP contribution in [0.5, 0.6) is 0 Å². The van der Waals surface area contributed by atoms with Gasteiger partial charge in [-0.25, -0.2) is 4.79 Å². The molecule has 3 rings (SSSR count). The van der Waals surface area contributed by atoms with Gasteiger partial charge in [0.25, 0.3) is 0 Å². The van der Waals surface area contributed by atoms with Crippen LogP contribution in [0.15, 0.2) is 54.6 Å². The highest BCUT2D eigenvalue weighted by atomic mass is 32.2. The number of hydrogen-bond donors (Lipinski definition) is 0. The van der Waals surface area contributed by atoms with Crippen molar-refractivity contribution in [3.8, 4) is 0 Å². The first kappa shape index (κ1) is 15.9. The molecule has 0 spiro atoms. The van der Waals surface area contributed by atoms with Crippen LogP contribution in [0.4, 0.5) is 5.69 Å². The Balaban J connectivity index is 1.96. The van der Waals surface area contributed by atoms with Crippen molar-refractivity contribution in [1.82, 2.24) is 0 Å². The predicted molar refractivity (Wildman–Crippen MR) is 95.7 cm³/mol. The molecule has 0 aromatic heterocycles. The van der Waals surface area contributed by atoms with Gasteiger partial charge in [0.05, 0.1) is 12.6 Å². The van der Waals surface area contributed by atoms with Crippen molar-refractivity contribution < 1.29 is 9.53 Å². The highest BCUT2D eigenvalue weighted by Crippen LogP contribution is 2.42. The fourth-order valence-corrected chi connectivity index (χ4v) is 4.22. The molecule has 2 aromatic rings. The largest absolute Gasteiger partial charge is 0.464 e. The van der Waals surface area contributed by atoms with E-state index in [-0.39, 0.29) is 17.4 Å². The highest BCUT2D eigenvalue weighted by Gasteiger charge is 2.40. The second-order valence-corrected chi connectivity index (χ2v) is 6.72. The third-order valence-corrected chi connectivity index (χ3v) is 5.25. The summed E-state index contributed by atoms with van der Waals surface area (Å²) in [6.07, 6.45) is 0. The standard InChI is InChI=1S/C19H21NO2S/c1-3-22-19(21)18-20(16-11-9-14(2)10-12-16)17(13-23-18)15-7-5-4-6-8-15/h4-12,17-18H,3,13H2,1-2H3. The number of aryl methyl sites for hydroxylation is 1. The van der Waals surface area contributed by atoms with Crippen LogP contribution in [-0.4, -0.2) is 23.7 Å². The number of carbonyl (C=O) groups excluding carboxylic acids is 1. The van der Waals surface area contributed by atoms with E-state index in [2.05, 4.69) is 48.2 Å². The first-order chi connectivity index (χ1) is 11.2. The zero-order chi connectivity index (χ0) is 16.2. The summed E-state index contributed by atoms with van der Waals surface area (Å²) in [7, 11) is 0. The molecule has 4 heteroatoms. The molecule has 1 saturated heterocycles. The third-order valence-electron chi connectivity index (χ3n) is 4.01. The van der Waals surface area contributed by atoms with E-state index >= 15 is 0 Å². The normalized spacial score (nSPS) is 20.5. The minimum absolute atomic E-state index is 0.156. The van der Waals surface area contributed by atoms with Gasteiger partial charge in [-0.2, -0.15) is 0 Å². The van der Waals surface area contributed by atoms with E-state index in [1.54, 1.807) is 11.8 Å². The molecule has 0 aliphatic carbocycles. The molecule has 1 aliphatic rings. The smallest absolute Gasteiger partial charge is 0.339 e. The van der Waals surface area contributed by atoms with Crippen molar-refractivity contribution in [2.24, 2.45) is 0 Å². The van der Waals surface area contributed by atoms with Crippen molar-refractivity contribution in [1.29, 1.82) is 0 Å². The van der Waals surface area contributed by atoms with Gasteiger partial charge >= 0.3 is 5.97 Å². The van der Waals surface area contributed by atoms with Crippen LogP contribution in [0.2, 0.25) is 0 Å². The van der Waals surface area contributed by atoms with Crippen LogP contribution >= 0.6 is 11.8 Å². The van der Waals surface area contributed by atoms with Crippen LogP contribution in [0.25, 0.3) is 0 Å². The molecule has 0 saturated carbocycles. The fourth-order valence-electron chi connectivity index (χ4n) is 2.87. The molecule has 3 nitrogen and oxygen atoms in total. The summed E-state index contributed by atoms with van der Waals surface area (Å²) in [5, 5.41) is -0.289. The molecular formula is C19H21NO2S. The zero-order valence-electron chi connectivity index (χ0n) is 13.4. The minimum atomic E-state index is -0.289. The number of benzene rings is 2. The Kier molecular flexibility index (Phi) is 4.91. The fraction of sp³-hybridized carbons (Fsp3) is 0.316. The second-order valence-electron chi connectivity index (χ2n) is 5.61. The molecule has 2 aromatic carbocycles. The van der Waals surface area contributed by atoms with E-state index in [0.717, 1.165) is 11.4 Å². The number of carbonyl (C=O) groups is 1. The van der Waals surface area contributed by atoms with E-state index in [1.807, 2.05) is 25.1 Å². The Bertz CT molecular complexity index is 657. The lowest BCUT2D eigenvalue weighted by atomic mass is 10.1. The van der Waals surface area contributed by atoms with Crippen molar-refractivity contribution in [2.45, 2.75) is 25.3 Å². The van der Waals surface area contributed by atoms with Gasteiger partial charge in [-0.1, -0.05) is 48.0 Å². The van der Waals surface area contributed by atoms with Crippen molar-refractivity contribution in [3.63, 3.8) is 0 Å². The number of anilines is 1. The summed E-state index contributed by atoms with van der Waals surface area (Å²) >= 11 is 1.65. The summed E-state index contributed by atoms with van der Waals surface area (Å²) in [6.45, 7) is 4.33. The molecule has 0 radical (unpaired) electrons. The van der Waals surface area contributed by atoms with Gasteiger partial charge in [-0.3, -0.25) is 0 Å². The van der Waals surface area contributed by atoms with Crippen LogP contribution in [0.1, 0.15) is 24.1 Å². The Hall–Kier alpha value is -1.94. The number of thioether (sulfide) groups is 1. The molecule has 120 valence electrons. The molecule has 1 aliphatic heterocycles. The minimum Gasteiger partial charge on any atom is -0.464 e. The van der Waals surface area contributed by atoms with E-state index < -0.39 is 0 Å². The first-order valence-electron chi connectivity index (χ1n) is 7.89. The van der Waals surface area contributed by atoms with Crippen LogP contribution in [-0.2, 0) is 9.53 Å². The third kappa shape index (κ3) is 3.37. The van der Waals surface area contributed by atoms with Crippen LogP contribution < -0.4 is 4.90 Å². The molecule has 2 atom stereocenters. The number of rotatable bonds is 4. The van der Waals surface area contributed by atoms with Crippen molar-refractivity contribution in [2.75, 3.05) is 17.3 Å². The first-order valence-corrected chi connectivity index (χ1v) is 8.93. The molecule has 1 fully saturated rings. The molecular weight excluding hydrogens is 306 g/mol. The molecule has 2 unspecified atom stereocenters. The van der Waals surface area contributed by atoms with Crippen LogP contribution in [0.3, 0.4) is 0 Å². The van der Waals surface area contributed by atoms with Crippen molar-refractivity contribution >= 4 is 23.4 Å². The summed E-state index contributed by atoms with van der Waals surface area (Å²) < 4.78 is 5.28. The Morgan fingerprint density at radius 2 is 1.87 bits per heavy atom. The lowest BCUT2D eigenvalue weighted by Crippen LogP contribution is -2.37. The van der Waals surface area contributed by atoms with Gasteiger partial charge in [0.1, 0.15) is 0 Å². The van der Waals surface area contributed by atoms with Gasteiger partial charge < -0.3 is 9.64 Å². The predicted octanol–water partition coefficient (Wildman–Crippen LogP) is 4.18. The maximum Gasteiger partial charge on any atom is 0.339 e. The number of nitrogens with zero attached hydrogens (tertiary/aromatic N) is 1. The van der Waals surface area contributed by atoms with E-state index in [1.165, 1.54) is 11.1 Å². The summed E-state index contributed by atoms with van der Waals surface area (Å²) in [6, 6.07) is 18.9. The Morgan fingerprint density at radius 3 is 2.52 bits per heavy atom. The molecule has 23 heavy (non-hydrogen) atoms. The SMILES string of the molecule is CCOC(=O)C1SCC(c2ccccc2)N1c1ccc(C)cc1. The monoisotopic (exact) mass is 327 g/mol. The average Bonchev–Trinajstić information content (AvgIpc) is 3.01. The molecule has 0 N–H and O–H groups in total. The van der Waals surface area contributed by atoms with Gasteiger partial charge in [0, 0.05) is 11.4 Å². The maximum absolute atomic E-state index is 12.4. The summed E-state index contributed by atoms with van der Waals surface area (Å²) in [4.78, 5) is 14.6. The van der Waals surface area contributed by atoms with Crippen LogP contribution in [0, 0.1) is 6.92 Å². The van der Waals surface area contributed by atoms with Gasteiger partial charge in [0.2, 0.25) is 0 Å². The maximum atomic E-state index is 12.4. The van der Waals surface area contributed by atoms with Crippen molar-refractivity contribution in [3.05, 3.63) is 65.7 Å².